The minimum absolute atomic E-state index is 0.173. The summed E-state index contributed by atoms with van der Waals surface area (Å²) in [4.78, 5) is 19.2. The van der Waals surface area contributed by atoms with Crippen molar-refractivity contribution in [1.82, 2.24) is 30.4 Å². The van der Waals surface area contributed by atoms with Gasteiger partial charge in [0, 0.05) is 18.1 Å². The van der Waals surface area contributed by atoms with Crippen LogP contribution in [0.25, 0.3) is 0 Å². The number of carbonyl (C=O) groups excluding carboxylic acids is 1. The molecule has 19 heavy (non-hydrogen) atoms. The third-order valence-electron chi connectivity index (χ3n) is 2.15. The Morgan fingerprint density at radius 1 is 1.42 bits per heavy atom. The van der Waals surface area contributed by atoms with E-state index in [4.69, 9.17) is 11.6 Å². The number of rotatable bonds is 5. The zero-order valence-electron chi connectivity index (χ0n) is 9.85. The van der Waals surface area contributed by atoms with Gasteiger partial charge in [-0.2, -0.15) is 0 Å². The Morgan fingerprint density at radius 2 is 2.21 bits per heavy atom. The van der Waals surface area contributed by atoms with Crippen LogP contribution in [0.2, 0.25) is 0 Å². The molecule has 9 nitrogen and oxygen atoms in total. The highest BCUT2D eigenvalue weighted by Crippen LogP contribution is 2.19. The molecule has 2 heterocycles. The van der Waals surface area contributed by atoms with Crippen molar-refractivity contribution in [3.63, 3.8) is 0 Å². The van der Waals surface area contributed by atoms with Crippen LogP contribution in [-0.2, 0) is 6.54 Å². The van der Waals surface area contributed by atoms with E-state index in [1.165, 1.54) is 24.2 Å². The van der Waals surface area contributed by atoms with Gasteiger partial charge in [0.05, 0.1) is 12.7 Å². The quantitative estimate of drug-likeness (QED) is 0.276. The number of aromatic nitrogens is 5. The van der Waals surface area contributed by atoms with Crippen LogP contribution >= 0.6 is 11.8 Å². The van der Waals surface area contributed by atoms with Crippen molar-refractivity contribution in [2.24, 2.45) is 5.84 Å². The van der Waals surface area contributed by atoms with Crippen LogP contribution in [0.1, 0.15) is 10.5 Å². The molecule has 100 valence electrons. The van der Waals surface area contributed by atoms with E-state index in [9.17, 15) is 4.79 Å². The molecular formula is C9H12N8OS. The molecule has 0 spiro atoms. The Hall–Kier alpha value is -2.20. The van der Waals surface area contributed by atoms with Crippen molar-refractivity contribution < 1.29 is 4.79 Å². The number of thioether (sulfide) groups is 1. The zero-order chi connectivity index (χ0) is 13.7. The first-order valence-electron chi connectivity index (χ1n) is 5.31. The summed E-state index contributed by atoms with van der Waals surface area (Å²) in [5.41, 5.74) is 7.83. The predicted molar refractivity (Wildman–Crippen MR) is 68.8 cm³/mol. The molecule has 2 aromatic rings. The number of hydrogen-bond acceptors (Lipinski definition) is 8. The van der Waals surface area contributed by atoms with Gasteiger partial charge in [-0.05, 0) is 0 Å². The lowest BCUT2D eigenvalue weighted by Crippen LogP contribution is -2.30. The number of hydrogen-bond donors (Lipinski definition) is 3. The molecule has 0 aliphatic heterocycles. The van der Waals surface area contributed by atoms with Gasteiger partial charge < -0.3 is 5.73 Å². The molecule has 0 aliphatic rings. The van der Waals surface area contributed by atoms with E-state index >= 15 is 0 Å². The first kappa shape index (κ1) is 13.2. The van der Waals surface area contributed by atoms with E-state index in [0.717, 1.165) is 0 Å². The zero-order valence-corrected chi connectivity index (χ0v) is 10.7. The van der Waals surface area contributed by atoms with Gasteiger partial charge in [-0.1, -0.05) is 5.21 Å². The molecule has 0 aromatic carbocycles. The molecule has 10 heteroatoms. The summed E-state index contributed by atoms with van der Waals surface area (Å²) in [7, 11) is 0. The van der Waals surface area contributed by atoms with Gasteiger partial charge in [-0.25, -0.2) is 15.8 Å². The molecule has 0 atom stereocenters. The molecule has 0 bridgehead atoms. The fourth-order valence-electron chi connectivity index (χ4n) is 1.27. The third kappa shape index (κ3) is 3.39. The normalized spacial score (nSPS) is 10.4. The van der Waals surface area contributed by atoms with Crippen LogP contribution < -0.4 is 17.0 Å². The minimum Gasteiger partial charge on any atom is -0.381 e. The second-order valence-electron chi connectivity index (χ2n) is 3.44. The molecule has 5 N–H and O–H groups in total. The maximum Gasteiger partial charge on any atom is 0.287 e. The lowest BCUT2D eigenvalue weighted by molar-refractivity contribution is 0.0948. The van der Waals surface area contributed by atoms with Gasteiger partial charge in [0.2, 0.25) is 0 Å². The van der Waals surface area contributed by atoms with Gasteiger partial charge in [0.25, 0.3) is 5.91 Å². The van der Waals surface area contributed by atoms with Crippen LogP contribution in [0.15, 0.2) is 23.6 Å². The van der Waals surface area contributed by atoms with E-state index in [1.807, 2.05) is 5.43 Å². The lowest BCUT2D eigenvalue weighted by Gasteiger charge is -2.02. The third-order valence-corrected chi connectivity index (χ3v) is 3.13. The van der Waals surface area contributed by atoms with Gasteiger partial charge in [0.1, 0.15) is 5.03 Å². The van der Waals surface area contributed by atoms with Gasteiger partial charge >= 0.3 is 0 Å². The predicted octanol–water partition coefficient (Wildman–Crippen LogP) is -0.954. The van der Waals surface area contributed by atoms with Crippen LogP contribution in [0.4, 0.5) is 5.82 Å². The molecule has 0 radical (unpaired) electrons. The summed E-state index contributed by atoms with van der Waals surface area (Å²) in [6, 6.07) is 0. The molecule has 2 rings (SSSR count). The first-order chi connectivity index (χ1) is 9.20. The molecule has 0 unspecified atom stereocenters. The van der Waals surface area contributed by atoms with E-state index in [-0.39, 0.29) is 5.69 Å². The van der Waals surface area contributed by atoms with E-state index < -0.39 is 5.91 Å². The first-order valence-corrected chi connectivity index (χ1v) is 6.29. The molecule has 1 amide bonds. The van der Waals surface area contributed by atoms with Crippen molar-refractivity contribution in [3.8, 4) is 0 Å². The van der Waals surface area contributed by atoms with Crippen molar-refractivity contribution in [2.45, 2.75) is 11.6 Å². The van der Waals surface area contributed by atoms with Crippen molar-refractivity contribution >= 4 is 23.5 Å². The average Bonchev–Trinajstić information content (AvgIpc) is 2.89. The second-order valence-corrected chi connectivity index (χ2v) is 4.52. The van der Waals surface area contributed by atoms with Crippen molar-refractivity contribution in [2.75, 3.05) is 11.5 Å². The van der Waals surface area contributed by atoms with Crippen LogP contribution in [0.5, 0.6) is 0 Å². The number of aryl methyl sites for hydroxylation is 1. The Morgan fingerprint density at radius 3 is 2.95 bits per heavy atom. The summed E-state index contributed by atoms with van der Waals surface area (Å²) in [5, 5.41) is 8.17. The fourth-order valence-corrected chi connectivity index (χ4v) is 2.08. The molecule has 0 saturated heterocycles. The summed E-state index contributed by atoms with van der Waals surface area (Å²) in [6.07, 6.45) is 4.63. The van der Waals surface area contributed by atoms with Crippen molar-refractivity contribution in [3.05, 3.63) is 24.3 Å². The molecule has 0 saturated carbocycles. The van der Waals surface area contributed by atoms with Crippen LogP contribution in [0, 0.1) is 0 Å². The number of nitrogens with one attached hydrogen (secondary N) is 1. The number of anilines is 1. The Balaban J connectivity index is 1.88. The Kier molecular flexibility index (Phi) is 4.26. The summed E-state index contributed by atoms with van der Waals surface area (Å²) < 4.78 is 1.55. The highest BCUT2D eigenvalue weighted by Gasteiger charge is 2.09. The second kappa shape index (κ2) is 6.11. The van der Waals surface area contributed by atoms with Crippen LogP contribution in [-0.4, -0.2) is 36.6 Å². The smallest absolute Gasteiger partial charge is 0.287 e. The largest absolute Gasteiger partial charge is 0.381 e. The maximum atomic E-state index is 11.2. The maximum absolute atomic E-state index is 11.2. The topological polar surface area (TPSA) is 138 Å². The number of carbonyl (C=O) groups is 1. The van der Waals surface area contributed by atoms with E-state index in [2.05, 4.69) is 20.3 Å². The van der Waals surface area contributed by atoms with Gasteiger partial charge in [-0.3, -0.25) is 14.9 Å². The fraction of sp³-hybridized carbons (Fsp3) is 0.222. The highest BCUT2D eigenvalue weighted by atomic mass is 32.2. The molecule has 0 fully saturated rings. The average molecular weight is 280 g/mol. The van der Waals surface area contributed by atoms with E-state index in [0.29, 0.717) is 23.1 Å². The number of amides is 1. The molecule has 0 aliphatic carbocycles. The lowest BCUT2D eigenvalue weighted by atomic mass is 10.5. The monoisotopic (exact) mass is 280 g/mol. The number of nitrogen functional groups attached to an aromatic ring is 2. The van der Waals surface area contributed by atoms with Crippen molar-refractivity contribution in [1.29, 1.82) is 0 Å². The summed E-state index contributed by atoms with van der Waals surface area (Å²) in [6.45, 7) is 0.561. The number of nitrogens with zero attached hydrogens (tertiary/aromatic N) is 5. The standard InChI is InChI=1S/C9H12N8OS/c10-7-9(13-2-1-12-7)19-4-3-17-5-6(15-16-17)8(18)14-11/h1-2,5H,3-4,11H2,(H2,10,12)(H,14,18). The highest BCUT2D eigenvalue weighted by molar-refractivity contribution is 7.99. The van der Waals surface area contributed by atoms with E-state index in [1.54, 1.807) is 10.9 Å². The molecular weight excluding hydrogens is 268 g/mol. The molecule has 2 aromatic heterocycles. The van der Waals surface area contributed by atoms with Gasteiger partial charge in [-0.15, -0.1) is 16.9 Å². The Bertz CT molecular complexity index is 571. The Labute approximate surface area is 112 Å². The summed E-state index contributed by atoms with van der Waals surface area (Å²) >= 11 is 1.45. The summed E-state index contributed by atoms with van der Waals surface area (Å²) in [5.74, 6) is 5.60. The number of hydrazine groups is 1. The van der Waals surface area contributed by atoms with Crippen LogP contribution in [0.3, 0.4) is 0 Å². The van der Waals surface area contributed by atoms with Gasteiger partial charge in [0.15, 0.2) is 11.5 Å². The number of nitrogens with two attached hydrogens (primary N) is 2. The SMILES string of the molecule is NNC(=O)c1cn(CCSc2nccnc2N)nn1. The minimum atomic E-state index is -0.475.